The summed E-state index contributed by atoms with van der Waals surface area (Å²) in [4.78, 5) is 12.9. The van der Waals surface area contributed by atoms with Gasteiger partial charge in [0, 0.05) is 38.4 Å². The quantitative estimate of drug-likeness (QED) is 0.507. The van der Waals surface area contributed by atoms with Gasteiger partial charge in [-0.15, -0.1) is 0 Å². The number of hydrogen-bond donors (Lipinski definition) is 1. The number of carbonyl (C=O) groups is 1. The Morgan fingerprint density at radius 3 is 2.38 bits per heavy atom. The highest BCUT2D eigenvalue weighted by Crippen LogP contribution is 2.21. The van der Waals surface area contributed by atoms with E-state index in [-0.39, 0.29) is 23.0 Å². The molecular formula is C24H29N3O4S. The van der Waals surface area contributed by atoms with Gasteiger partial charge in [0.2, 0.25) is 10.0 Å². The maximum Gasteiger partial charge on any atom is 0.268 e. The van der Waals surface area contributed by atoms with Crippen LogP contribution < -0.4 is 10.1 Å². The first-order valence-electron chi connectivity index (χ1n) is 10.6. The minimum absolute atomic E-state index is 0.112. The molecule has 3 aromatic rings. The van der Waals surface area contributed by atoms with Crippen LogP contribution in [0.2, 0.25) is 0 Å². The number of rotatable bonds is 10. The Kier molecular flexibility index (Phi) is 7.71. The van der Waals surface area contributed by atoms with E-state index in [9.17, 15) is 13.2 Å². The molecule has 1 N–H and O–H groups in total. The molecule has 2 aromatic carbocycles. The Bertz CT molecular complexity index is 1150. The summed E-state index contributed by atoms with van der Waals surface area (Å²) in [6.45, 7) is 5.00. The van der Waals surface area contributed by atoms with Crippen LogP contribution >= 0.6 is 0 Å². The van der Waals surface area contributed by atoms with Crippen molar-refractivity contribution in [2.75, 3.05) is 13.1 Å². The molecule has 1 amide bonds. The number of benzene rings is 2. The van der Waals surface area contributed by atoms with Crippen molar-refractivity contribution in [2.45, 2.75) is 31.9 Å². The van der Waals surface area contributed by atoms with E-state index in [1.807, 2.05) is 54.6 Å². The second-order valence-electron chi connectivity index (χ2n) is 7.33. The number of aromatic nitrogens is 1. The average molecular weight is 456 g/mol. The molecule has 0 saturated heterocycles. The van der Waals surface area contributed by atoms with Crippen LogP contribution in [0.3, 0.4) is 0 Å². The summed E-state index contributed by atoms with van der Waals surface area (Å²) in [5, 5.41) is 2.87. The summed E-state index contributed by atoms with van der Waals surface area (Å²) in [6, 6.07) is 18.8. The number of nitrogens with zero attached hydrogens (tertiary/aromatic N) is 2. The van der Waals surface area contributed by atoms with Gasteiger partial charge in [0.25, 0.3) is 5.91 Å². The first-order valence-corrected chi connectivity index (χ1v) is 12.0. The molecule has 0 saturated carbocycles. The fourth-order valence-corrected chi connectivity index (χ4v) is 4.94. The summed E-state index contributed by atoms with van der Waals surface area (Å²) >= 11 is 0. The van der Waals surface area contributed by atoms with Crippen molar-refractivity contribution in [2.24, 2.45) is 7.05 Å². The van der Waals surface area contributed by atoms with Crippen LogP contribution in [0.1, 0.15) is 35.5 Å². The van der Waals surface area contributed by atoms with E-state index in [0.29, 0.717) is 25.4 Å². The molecule has 0 aliphatic carbocycles. The molecule has 8 heteroatoms. The summed E-state index contributed by atoms with van der Waals surface area (Å²) in [5.41, 5.74) is 2.16. The lowest BCUT2D eigenvalue weighted by Gasteiger charge is -2.17. The van der Waals surface area contributed by atoms with Crippen molar-refractivity contribution in [3.05, 3.63) is 83.7 Å². The van der Waals surface area contributed by atoms with Crippen molar-refractivity contribution < 1.29 is 17.9 Å². The molecule has 0 unspecified atom stereocenters. The third-order valence-electron chi connectivity index (χ3n) is 5.20. The van der Waals surface area contributed by atoms with Crippen molar-refractivity contribution in [3.63, 3.8) is 0 Å². The van der Waals surface area contributed by atoms with E-state index in [4.69, 9.17) is 4.74 Å². The molecule has 7 nitrogen and oxygen atoms in total. The summed E-state index contributed by atoms with van der Waals surface area (Å²) in [5.74, 6) is 0.333. The Hall–Kier alpha value is -3.10. The lowest BCUT2D eigenvalue weighted by Crippen LogP contribution is -2.30. The molecule has 1 heterocycles. The summed E-state index contributed by atoms with van der Waals surface area (Å²) < 4.78 is 34.4. The maximum absolute atomic E-state index is 12.8. The highest BCUT2D eigenvalue weighted by Gasteiger charge is 2.25. The molecule has 0 radical (unpaired) electrons. The number of carbonyl (C=O) groups excluding carboxylic acids is 1. The second-order valence-corrected chi connectivity index (χ2v) is 9.26. The zero-order valence-corrected chi connectivity index (χ0v) is 19.4. The fraction of sp³-hybridized carbons (Fsp3) is 0.292. The summed E-state index contributed by atoms with van der Waals surface area (Å²) in [6.07, 6.45) is 1.47. The predicted octanol–water partition coefficient (Wildman–Crippen LogP) is 3.56. The van der Waals surface area contributed by atoms with Crippen molar-refractivity contribution >= 4 is 15.9 Å². The van der Waals surface area contributed by atoms with Crippen LogP contribution in [0, 0.1) is 0 Å². The standard InChI is InChI=1S/C24H29N3O4S/c1-4-27(5-2)32(29,30)21-15-22(26(3)17-21)24(28)25-16-20-13-9-10-14-23(20)31-18-19-11-7-6-8-12-19/h6-15,17H,4-5,16,18H2,1-3H3,(H,25,28). The van der Waals surface area contributed by atoms with Gasteiger partial charge in [-0.05, 0) is 17.7 Å². The van der Waals surface area contributed by atoms with Crippen LogP contribution in [-0.2, 0) is 30.2 Å². The third kappa shape index (κ3) is 5.38. The lowest BCUT2D eigenvalue weighted by molar-refractivity contribution is 0.0942. The number of sulfonamides is 1. The van der Waals surface area contributed by atoms with E-state index in [2.05, 4.69) is 5.32 Å². The van der Waals surface area contributed by atoms with E-state index < -0.39 is 10.0 Å². The Labute approximate surface area is 189 Å². The Balaban J connectivity index is 1.70. The molecule has 1 aromatic heterocycles. The fourth-order valence-electron chi connectivity index (χ4n) is 3.41. The highest BCUT2D eigenvalue weighted by molar-refractivity contribution is 7.89. The zero-order valence-electron chi connectivity index (χ0n) is 18.6. The minimum atomic E-state index is -3.63. The number of hydrogen-bond acceptors (Lipinski definition) is 4. The van der Waals surface area contributed by atoms with Crippen molar-refractivity contribution in [1.29, 1.82) is 0 Å². The number of para-hydroxylation sites is 1. The Morgan fingerprint density at radius 1 is 1.03 bits per heavy atom. The number of ether oxygens (including phenoxy) is 1. The van der Waals surface area contributed by atoms with Gasteiger partial charge in [-0.3, -0.25) is 4.79 Å². The van der Waals surface area contributed by atoms with E-state index in [1.54, 1.807) is 20.9 Å². The molecule has 0 atom stereocenters. The molecule has 0 bridgehead atoms. The first-order chi connectivity index (χ1) is 15.4. The zero-order chi connectivity index (χ0) is 23.1. The molecule has 0 aliphatic heterocycles. The van der Waals surface area contributed by atoms with Gasteiger partial charge in [-0.2, -0.15) is 4.31 Å². The second kappa shape index (κ2) is 10.5. The lowest BCUT2D eigenvalue weighted by atomic mass is 10.2. The van der Waals surface area contributed by atoms with Gasteiger partial charge in [0.15, 0.2) is 0 Å². The monoisotopic (exact) mass is 455 g/mol. The van der Waals surface area contributed by atoms with Gasteiger partial charge >= 0.3 is 0 Å². The van der Waals surface area contributed by atoms with Crippen LogP contribution in [-0.4, -0.2) is 36.3 Å². The van der Waals surface area contributed by atoms with E-state index >= 15 is 0 Å². The largest absolute Gasteiger partial charge is 0.489 e. The normalized spacial score (nSPS) is 11.5. The van der Waals surface area contributed by atoms with E-state index in [1.165, 1.54) is 21.1 Å². The number of amides is 1. The van der Waals surface area contributed by atoms with Crippen molar-refractivity contribution in [3.8, 4) is 5.75 Å². The van der Waals surface area contributed by atoms with Crippen LogP contribution in [0.15, 0.2) is 71.8 Å². The smallest absolute Gasteiger partial charge is 0.268 e. The van der Waals surface area contributed by atoms with Gasteiger partial charge in [-0.1, -0.05) is 62.4 Å². The average Bonchev–Trinajstić information content (AvgIpc) is 3.20. The minimum Gasteiger partial charge on any atom is -0.489 e. The molecular weight excluding hydrogens is 426 g/mol. The van der Waals surface area contributed by atoms with Crippen LogP contribution in [0.5, 0.6) is 5.75 Å². The van der Waals surface area contributed by atoms with Crippen LogP contribution in [0.25, 0.3) is 0 Å². The molecule has 0 aliphatic rings. The molecule has 0 fully saturated rings. The number of nitrogens with one attached hydrogen (secondary N) is 1. The maximum atomic E-state index is 12.8. The summed E-state index contributed by atoms with van der Waals surface area (Å²) in [7, 11) is -1.97. The first kappa shape index (κ1) is 23.6. The molecule has 0 spiro atoms. The molecule has 170 valence electrons. The van der Waals surface area contributed by atoms with Crippen molar-refractivity contribution in [1.82, 2.24) is 14.2 Å². The van der Waals surface area contributed by atoms with Gasteiger partial charge in [0.05, 0.1) is 0 Å². The van der Waals surface area contributed by atoms with E-state index in [0.717, 1.165) is 11.1 Å². The van der Waals surface area contributed by atoms with Crippen LogP contribution in [0.4, 0.5) is 0 Å². The third-order valence-corrected chi connectivity index (χ3v) is 7.22. The van der Waals surface area contributed by atoms with Gasteiger partial charge < -0.3 is 14.6 Å². The predicted molar refractivity (Wildman–Crippen MR) is 124 cm³/mol. The number of aryl methyl sites for hydroxylation is 1. The van der Waals surface area contributed by atoms with Gasteiger partial charge in [-0.25, -0.2) is 8.42 Å². The van der Waals surface area contributed by atoms with Gasteiger partial charge in [0.1, 0.15) is 22.9 Å². The molecule has 3 rings (SSSR count). The topological polar surface area (TPSA) is 80.6 Å². The SMILES string of the molecule is CCN(CC)S(=O)(=O)c1cc(C(=O)NCc2ccccc2OCc2ccccc2)n(C)c1. The molecule has 32 heavy (non-hydrogen) atoms. The Morgan fingerprint density at radius 2 is 1.69 bits per heavy atom. The highest BCUT2D eigenvalue weighted by atomic mass is 32.2.